The molecule has 114 valence electrons. The van der Waals surface area contributed by atoms with Gasteiger partial charge in [-0.2, -0.15) is 0 Å². The Morgan fingerprint density at radius 1 is 0.792 bits per heavy atom. The van der Waals surface area contributed by atoms with E-state index in [9.17, 15) is 9.59 Å². The number of carbonyl (C=O) groups excluding carboxylic acids is 2. The van der Waals surface area contributed by atoms with Crippen LogP contribution < -0.4 is 9.47 Å². The van der Waals surface area contributed by atoms with Crippen LogP contribution in [0.2, 0.25) is 12.6 Å². The van der Waals surface area contributed by atoms with Gasteiger partial charge in [0.25, 0.3) is 0 Å². The molecule has 0 spiro atoms. The molecule has 4 rings (SSSR count). The summed E-state index contributed by atoms with van der Waals surface area (Å²) in [5, 5.41) is 0. The molecule has 2 aromatic carbocycles. The Morgan fingerprint density at radius 3 is 1.58 bits per heavy atom. The molecule has 0 unspecified atom stereocenters. The summed E-state index contributed by atoms with van der Waals surface area (Å²) in [6.45, 7) is 0.619. The largest absolute Gasteiger partial charge is 0.488 e. The van der Waals surface area contributed by atoms with E-state index in [1.54, 1.807) is 24.3 Å². The molecule has 0 saturated heterocycles. The molecule has 6 heteroatoms. The first-order chi connectivity index (χ1) is 11.6. The van der Waals surface area contributed by atoms with Crippen LogP contribution in [-0.4, -0.2) is 27.3 Å². The summed E-state index contributed by atoms with van der Waals surface area (Å²) in [4.78, 5) is 23.8. The Kier molecular flexibility index (Phi) is 3.48. The third-order valence-corrected chi connectivity index (χ3v) is 4.40. The third-order valence-electron chi connectivity index (χ3n) is 4.40. The van der Waals surface area contributed by atoms with Gasteiger partial charge in [-0.05, 0) is 36.9 Å². The van der Waals surface area contributed by atoms with Crippen LogP contribution in [0, 0.1) is 0 Å². The third kappa shape index (κ3) is 2.17. The van der Waals surface area contributed by atoms with Gasteiger partial charge in [-0.25, -0.2) is 0 Å². The Labute approximate surface area is 142 Å². The molecule has 2 heterocycles. The predicted molar refractivity (Wildman–Crippen MR) is 90.3 cm³/mol. The molecule has 2 aliphatic rings. The average Bonchev–Trinajstić information content (AvgIpc) is 2.63. The standard InChI is InChI=1S/C18H12B2O4/c19-5-13(21)9-1-11-7-23-16-4-10(14(22)6-20)2-12-8-24-15(3-9)17(11)18(12)16/h1-4H,5-8H2. The van der Waals surface area contributed by atoms with Gasteiger partial charge in [0.2, 0.25) is 0 Å². The van der Waals surface area contributed by atoms with Crippen LogP contribution in [0.25, 0.3) is 11.1 Å². The highest BCUT2D eigenvalue weighted by molar-refractivity contribution is 6.24. The molecule has 0 fully saturated rings. The first-order valence-electron chi connectivity index (χ1n) is 7.68. The van der Waals surface area contributed by atoms with Crippen LogP contribution in [0.5, 0.6) is 11.5 Å². The molecule has 2 aliphatic heterocycles. The fraction of sp³-hybridized carbons (Fsp3) is 0.222. The van der Waals surface area contributed by atoms with E-state index in [4.69, 9.17) is 25.2 Å². The second-order valence-electron chi connectivity index (χ2n) is 5.85. The molecule has 0 saturated carbocycles. The molecule has 0 amide bonds. The maximum atomic E-state index is 11.9. The van der Waals surface area contributed by atoms with Crippen molar-refractivity contribution in [2.45, 2.75) is 25.9 Å². The van der Waals surface area contributed by atoms with E-state index in [2.05, 4.69) is 0 Å². The smallest absolute Gasteiger partial charge is 0.154 e. The number of ketones is 2. The normalized spacial score (nSPS) is 13.5. The van der Waals surface area contributed by atoms with E-state index in [0.29, 0.717) is 35.8 Å². The summed E-state index contributed by atoms with van der Waals surface area (Å²) < 4.78 is 11.7. The van der Waals surface area contributed by atoms with Gasteiger partial charge < -0.3 is 9.47 Å². The number of hydrogen-bond donors (Lipinski definition) is 0. The van der Waals surface area contributed by atoms with Gasteiger partial charge >= 0.3 is 0 Å². The minimum atomic E-state index is -0.141. The molecule has 0 aliphatic carbocycles. The van der Waals surface area contributed by atoms with E-state index in [-0.39, 0.29) is 24.2 Å². The van der Waals surface area contributed by atoms with Gasteiger partial charge in [-0.1, -0.05) is 0 Å². The Morgan fingerprint density at radius 2 is 1.21 bits per heavy atom. The number of Topliss-reactive ketones (excluding diaryl/α,β-unsaturated/α-hetero) is 2. The number of ether oxygens (including phenoxy) is 2. The van der Waals surface area contributed by atoms with Crippen LogP contribution in [0.3, 0.4) is 0 Å². The van der Waals surface area contributed by atoms with Crippen molar-refractivity contribution in [3.05, 3.63) is 46.5 Å². The van der Waals surface area contributed by atoms with E-state index in [0.717, 1.165) is 22.3 Å². The predicted octanol–water partition coefficient (Wildman–Crippen LogP) is 2.68. The highest BCUT2D eigenvalue weighted by atomic mass is 16.5. The van der Waals surface area contributed by atoms with Crippen molar-refractivity contribution in [2.75, 3.05) is 0 Å². The molecule has 0 bridgehead atoms. The summed E-state index contributed by atoms with van der Waals surface area (Å²) in [7, 11) is 10.9. The zero-order valence-electron chi connectivity index (χ0n) is 12.9. The van der Waals surface area contributed by atoms with Gasteiger partial charge in [0.15, 0.2) is 11.6 Å². The lowest BCUT2D eigenvalue weighted by atomic mass is 9.85. The van der Waals surface area contributed by atoms with Gasteiger partial charge in [0.05, 0.1) is 15.7 Å². The van der Waals surface area contributed by atoms with Crippen LogP contribution in [0.4, 0.5) is 0 Å². The van der Waals surface area contributed by atoms with Crippen LogP contribution in [0.1, 0.15) is 31.8 Å². The fourth-order valence-corrected chi connectivity index (χ4v) is 3.24. The lowest BCUT2D eigenvalue weighted by molar-refractivity contribution is 0.100. The van der Waals surface area contributed by atoms with E-state index >= 15 is 0 Å². The molecule has 0 aromatic heterocycles. The summed E-state index contributed by atoms with van der Waals surface area (Å²) in [5.74, 6) is 1.02. The highest BCUT2D eigenvalue weighted by Crippen LogP contribution is 2.49. The first kappa shape index (κ1) is 15.1. The van der Waals surface area contributed by atoms with Crippen molar-refractivity contribution in [1.29, 1.82) is 0 Å². The van der Waals surface area contributed by atoms with Crippen molar-refractivity contribution < 1.29 is 19.1 Å². The van der Waals surface area contributed by atoms with Gasteiger partial charge in [-0.15, -0.1) is 0 Å². The van der Waals surface area contributed by atoms with Crippen LogP contribution >= 0.6 is 0 Å². The number of carbonyl (C=O) groups is 2. The number of rotatable bonds is 4. The monoisotopic (exact) mass is 314 g/mol. The summed E-state index contributed by atoms with van der Waals surface area (Å²) in [6, 6.07) is 7.05. The second-order valence-corrected chi connectivity index (χ2v) is 5.85. The zero-order valence-corrected chi connectivity index (χ0v) is 12.9. The molecular formula is C18H12B2O4. The molecular weight excluding hydrogens is 302 g/mol. The minimum absolute atomic E-state index is 0.0501. The maximum absolute atomic E-state index is 11.9. The van der Waals surface area contributed by atoms with Crippen molar-refractivity contribution in [3.63, 3.8) is 0 Å². The fourth-order valence-electron chi connectivity index (χ4n) is 3.24. The van der Waals surface area contributed by atoms with Crippen molar-refractivity contribution in [2.24, 2.45) is 0 Å². The quantitative estimate of drug-likeness (QED) is 0.643. The summed E-state index contributed by atoms with van der Waals surface area (Å²) in [5.41, 5.74) is 4.68. The molecule has 4 nitrogen and oxygen atoms in total. The topological polar surface area (TPSA) is 52.6 Å². The maximum Gasteiger partial charge on any atom is 0.154 e. The number of benzene rings is 2. The van der Waals surface area contributed by atoms with E-state index in [1.165, 1.54) is 0 Å². The van der Waals surface area contributed by atoms with Crippen molar-refractivity contribution in [1.82, 2.24) is 0 Å². The summed E-state index contributed by atoms with van der Waals surface area (Å²) >= 11 is 0. The molecule has 24 heavy (non-hydrogen) atoms. The lowest BCUT2D eigenvalue weighted by Crippen LogP contribution is -2.17. The van der Waals surface area contributed by atoms with Crippen molar-refractivity contribution >= 4 is 27.3 Å². The molecule has 2 aromatic rings. The zero-order chi connectivity index (χ0) is 16.8. The van der Waals surface area contributed by atoms with Gasteiger partial charge in [-0.3, -0.25) is 9.59 Å². The SMILES string of the molecule is [B]CC(=O)c1cc2c3c(c1)OCc1cc(C(=O)C[B])cc(c1-3)OC2. The minimum Gasteiger partial charge on any atom is -0.488 e. The first-order valence-corrected chi connectivity index (χ1v) is 7.68. The molecule has 0 N–H and O–H groups in total. The molecule has 4 radical (unpaired) electrons. The summed E-state index contributed by atoms with van der Waals surface area (Å²) in [6.07, 6.45) is -0.100. The Hall–Kier alpha value is -2.49. The lowest BCUT2D eigenvalue weighted by Gasteiger charge is -2.30. The Bertz CT molecular complexity index is 765. The van der Waals surface area contributed by atoms with E-state index in [1.807, 2.05) is 0 Å². The van der Waals surface area contributed by atoms with E-state index < -0.39 is 0 Å². The second kappa shape index (κ2) is 5.55. The van der Waals surface area contributed by atoms with Crippen LogP contribution in [-0.2, 0) is 13.2 Å². The van der Waals surface area contributed by atoms with Gasteiger partial charge in [0.1, 0.15) is 24.7 Å². The Balaban J connectivity index is 1.91. The average molecular weight is 314 g/mol. The highest BCUT2D eigenvalue weighted by Gasteiger charge is 2.30. The molecule has 0 atom stereocenters. The van der Waals surface area contributed by atoms with Gasteiger partial charge in [0, 0.05) is 33.4 Å². The van der Waals surface area contributed by atoms with Crippen LogP contribution in [0.15, 0.2) is 24.3 Å². The van der Waals surface area contributed by atoms with Crippen molar-refractivity contribution in [3.8, 4) is 22.6 Å². The number of hydrogen-bond acceptors (Lipinski definition) is 4.